The van der Waals surface area contributed by atoms with Crippen molar-refractivity contribution in [2.45, 2.75) is 30.8 Å². The van der Waals surface area contributed by atoms with Crippen LogP contribution < -0.4 is 4.90 Å². The number of hydrogen-bond acceptors (Lipinski definition) is 5. The van der Waals surface area contributed by atoms with Crippen LogP contribution in [0, 0.1) is 12.8 Å². The average Bonchev–Trinajstić information content (AvgIpc) is 2.83. The van der Waals surface area contributed by atoms with Crippen LogP contribution in [0.25, 0.3) is 0 Å². The highest BCUT2D eigenvalue weighted by Crippen LogP contribution is 2.30. The highest BCUT2D eigenvalue weighted by Gasteiger charge is 2.35. The highest BCUT2D eigenvalue weighted by atomic mass is 32.2. The van der Waals surface area contributed by atoms with Gasteiger partial charge in [-0.1, -0.05) is 17.7 Å². The number of hydrogen-bond donors (Lipinski definition) is 0. The smallest absolute Gasteiger partial charge is 0.353 e. The number of piperidine rings is 1. The molecule has 0 atom stereocenters. The van der Waals surface area contributed by atoms with E-state index < -0.39 is 21.8 Å². The molecule has 2 aliphatic heterocycles. The molecule has 2 aliphatic rings. The van der Waals surface area contributed by atoms with E-state index in [2.05, 4.69) is 4.98 Å². The van der Waals surface area contributed by atoms with Gasteiger partial charge in [0.25, 0.3) is 0 Å². The van der Waals surface area contributed by atoms with Crippen LogP contribution in [0.15, 0.2) is 47.5 Å². The Morgan fingerprint density at radius 1 is 0.941 bits per heavy atom. The molecule has 0 saturated carbocycles. The summed E-state index contributed by atoms with van der Waals surface area (Å²) in [7, 11) is -3.58. The lowest BCUT2D eigenvalue weighted by Gasteiger charge is -2.38. The van der Waals surface area contributed by atoms with Gasteiger partial charge in [0.1, 0.15) is 5.82 Å². The second-order valence-electron chi connectivity index (χ2n) is 8.71. The number of amides is 1. The highest BCUT2D eigenvalue weighted by molar-refractivity contribution is 7.89. The van der Waals surface area contributed by atoms with Gasteiger partial charge in [-0.15, -0.1) is 0 Å². The van der Waals surface area contributed by atoms with Gasteiger partial charge in [0, 0.05) is 51.4 Å². The zero-order valence-corrected chi connectivity index (χ0v) is 19.6. The molecule has 184 valence electrons. The quantitative estimate of drug-likeness (QED) is 0.650. The van der Waals surface area contributed by atoms with Crippen molar-refractivity contribution in [1.29, 1.82) is 0 Å². The second kappa shape index (κ2) is 9.53. The Hall–Kier alpha value is -2.66. The molecule has 1 aromatic carbocycles. The summed E-state index contributed by atoms with van der Waals surface area (Å²) in [5.41, 5.74) is 0.193. The van der Waals surface area contributed by atoms with Crippen LogP contribution in [-0.4, -0.2) is 67.8 Å². The Morgan fingerprint density at radius 2 is 1.56 bits per heavy atom. The van der Waals surface area contributed by atoms with Gasteiger partial charge in [-0.25, -0.2) is 13.4 Å². The first-order valence-corrected chi connectivity index (χ1v) is 12.6. The summed E-state index contributed by atoms with van der Waals surface area (Å²) < 4.78 is 65.4. The molecular formula is C23H27F3N4O3S. The monoisotopic (exact) mass is 496 g/mol. The molecule has 34 heavy (non-hydrogen) atoms. The molecule has 0 unspecified atom stereocenters. The molecule has 2 saturated heterocycles. The number of anilines is 1. The van der Waals surface area contributed by atoms with Gasteiger partial charge in [-0.2, -0.15) is 17.5 Å². The number of piperazine rings is 1. The fraction of sp³-hybridized carbons (Fsp3) is 0.478. The Morgan fingerprint density at radius 3 is 2.09 bits per heavy atom. The van der Waals surface area contributed by atoms with Crippen LogP contribution in [0.5, 0.6) is 0 Å². The lowest BCUT2D eigenvalue weighted by Crippen LogP contribution is -2.52. The molecule has 0 bridgehead atoms. The molecule has 1 aromatic heterocycles. The molecule has 0 aliphatic carbocycles. The Bertz CT molecular complexity index is 1110. The number of aryl methyl sites for hydroxylation is 1. The van der Waals surface area contributed by atoms with E-state index in [-0.39, 0.29) is 16.7 Å². The van der Waals surface area contributed by atoms with E-state index in [9.17, 15) is 26.4 Å². The van der Waals surface area contributed by atoms with Gasteiger partial charge in [-0.3, -0.25) is 4.79 Å². The summed E-state index contributed by atoms with van der Waals surface area (Å²) in [6.45, 7) is 4.33. The zero-order chi connectivity index (χ0) is 24.5. The predicted octanol–water partition coefficient (Wildman–Crippen LogP) is 3.16. The van der Waals surface area contributed by atoms with Crippen LogP contribution in [0.4, 0.5) is 19.0 Å². The van der Waals surface area contributed by atoms with Crippen molar-refractivity contribution < 1.29 is 26.4 Å². The van der Waals surface area contributed by atoms with Crippen molar-refractivity contribution in [2.24, 2.45) is 5.92 Å². The molecule has 7 nitrogen and oxygen atoms in total. The number of rotatable bonds is 4. The molecule has 3 heterocycles. The van der Waals surface area contributed by atoms with Crippen molar-refractivity contribution in [3.05, 3.63) is 53.7 Å². The summed E-state index contributed by atoms with van der Waals surface area (Å²) >= 11 is 0. The Kier molecular flexibility index (Phi) is 6.86. The molecule has 0 N–H and O–H groups in total. The zero-order valence-electron chi connectivity index (χ0n) is 18.8. The normalized spacial score (nSPS) is 18.8. The third-order valence-corrected chi connectivity index (χ3v) is 8.37. The number of alkyl halides is 3. The number of pyridine rings is 1. The molecule has 1 amide bonds. The third-order valence-electron chi connectivity index (χ3n) is 6.45. The topological polar surface area (TPSA) is 73.8 Å². The summed E-state index contributed by atoms with van der Waals surface area (Å²) in [5, 5.41) is 0. The van der Waals surface area contributed by atoms with Crippen molar-refractivity contribution in [1.82, 2.24) is 14.2 Å². The van der Waals surface area contributed by atoms with Gasteiger partial charge in [-0.05, 0) is 44.0 Å². The molecule has 0 spiro atoms. The second-order valence-corrected chi connectivity index (χ2v) is 10.6. The summed E-state index contributed by atoms with van der Waals surface area (Å²) in [6, 6.07) is 9.11. The van der Waals surface area contributed by atoms with Gasteiger partial charge >= 0.3 is 6.18 Å². The van der Waals surface area contributed by atoms with Crippen LogP contribution in [0.1, 0.15) is 24.0 Å². The van der Waals surface area contributed by atoms with Crippen molar-refractivity contribution in [3.8, 4) is 0 Å². The number of benzene rings is 1. The summed E-state index contributed by atoms with van der Waals surface area (Å²) in [4.78, 5) is 20.8. The fourth-order valence-electron chi connectivity index (χ4n) is 4.36. The van der Waals surface area contributed by atoms with Crippen molar-refractivity contribution in [2.75, 3.05) is 44.2 Å². The van der Waals surface area contributed by atoms with Crippen molar-refractivity contribution >= 4 is 21.7 Å². The van der Waals surface area contributed by atoms with Gasteiger partial charge in [0.2, 0.25) is 15.9 Å². The number of sulfonamides is 1. The maximum absolute atomic E-state index is 13.0. The summed E-state index contributed by atoms with van der Waals surface area (Å²) in [6.07, 6.45) is -2.67. The summed E-state index contributed by atoms with van der Waals surface area (Å²) in [5.74, 6) is 0.224. The number of halogens is 3. The lowest BCUT2D eigenvalue weighted by atomic mass is 9.96. The number of carbonyl (C=O) groups excluding carboxylic acids is 1. The van der Waals surface area contributed by atoms with E-state index in [0.29, 0.717) is 57.9 Å². The molecule has 0 radical (unpaired) electrons. The minimum atomic E-state index is -4.42. The SMILES string of the molecule is Cc1ccc(S(=O)(=O)N2CCC(C(=O)N3CCN(c4ccc(C(F)(F)F)cn4)CC3)CC2)cc1. The Labute approximate surface area is 197 Å². The van der Waals surface area contributed by atoms with Gasteiger partial charge in [0.15, 0.2) is 0 Å². The molecule has 11 heteroatoms. The van der Waals surface area contributed by atoms with E-state index in [1.807, 2.05) is 11.8 Å². The Balaban J connectivity index is 1.29. The van der Waals surface area contributed by atoms with E-state index in [1.54, 1.807) is 29.2 Å². The van der Waals surface area contributed by atoms with E-state index in [1.165, 1.54) is 10.4 Å². The maximum Gasteiger partial charge on any atom is 0.417 e. The predicted molar refractivity (Wildman–Crippen MR) is 121 cm³/mol. The largest absolute Gasteiger partial charge is 0.417 e. The fourth-order valence-corrected chi connectivity index (χ4v) is 5.83. The van der Waals surface area contributed by atoms with Crippen LogP contribution in [0.2, 0.25) is 0 Å². The van der Waals surface area contributed by atoms with E-state index in [4.69, 9.17) is 0 Å². The minimum Gasteiger partial charge on any atom is -0.353 e. The number of carbonyl (C=O) groups is 1. The lowest BCUT2D eigenvalue weighted by molar-refractivity contribution is -0.138. The molecular weight excluding hydrogens is 469 g/mol. The third kappa shape index (κ3) is 5.20. The first-order valence-electron chi connectivity index (χ1n) is 11.2. The van der Waals surface area contributed by atoms with Gasteiger partial charge < -0.3 is 9.80 Å². The standard InChI is InChI=1S/C23H27F3N4O3S/c1-17-2-5-20(6-3-17)34(32,33)30-10-8-18(9-11-30)22(31)29-14-12-28(13-15-29)21-7-4-19(16-27-21)23(24,25)26/h2-7,16,18H,8-15H2,1H3. The number of nitrogens with zero attached hydrogens (tertiary/aromatic N) is 4. The van der Waals surface area contributed by atoms with Crippen LogP contribution in [-0.2, 0) is 21.0 Å². The molecule has 2 fully saturated rings. The molecule has 2 aromatic rings. The number of aromatic nitrogens is 1. The molecule has 4 rings (SSSR count). The first kappa shape index (κ1) is 24.5. The average molecular weight is 497 g/mol. The maximum atomic E-state index is 13.0. The van der Waals surface area contributed by atoms with Crippen LogP contribution >= 0.6 is 0 Å². The van der Waals surface area contributed by atoms with Gasteiger partial charge in [0.05, 0.1) is 10.5 Å². The van der Waals surface area contributed by atoms with Crippen LogP contribution in [0.3, 0.4) is 0 Å². The minimum absolute atomic E-state index is 0.00686. The van der Waals surface area contributed by atoms with E-state index in [0.717, 1.165) is 17.8 Å². The first-order chi connectivity index (χ1) is 16.1. The van der Waals surface area contributed by atoms with E-state index >= 15 is 0 Å². The van der Waals surface area contributed by atoms with Crippen molar-refractivity contribution in [3.63, 3.8) is 0 Å².